The van der Waals surface area contributed by atoms with Gasteiger partial charge in [-0.05, 0) is 30.7 Å². The van der Waals surface area contributed by atoms with E-state index in [2.05, 4.69) is 0 Å². The summed E-state index contributed by atoms with van der Waals surface area (Å²) in [6.07, 6.45) is 1.68. The van der Waals surface area contributed by atoms with Crippen molar-refractivity contribution in [2.45, 2.75) is 20.0 Å². The van der Waals surface area contributed by atoms with E-state index in [1.54, 1.807) is 29.9 Å². The van der Waals surface area contributed by atoms with Crippen molar-refractivity contribution < 1.29 is 23.8 Å². The van der Waals surface area contributed by atoms with Gasteiger partial charge in [0, 0.05) is 30.2 Å². The smallest absolute Gasteiger partial charge is 0.340 e. The first-order valence-electron chi connectivity index (χ1n) is 9.67. The third-order valence-electron chi connectivity index (χ3n) is 5.06. The topological polar surface area (TPSA) is 70.0 Å². The van der Waals surface area contributed by atoms with E-state index < -0.39 is 5.97 Å². The molecule has 1 heterocycles. The van der Waals surface area contributed by atoms with Crippen LogP contribution in [0.25, 0.3) is 10.9 Å². The zero-order chi connectivity index (χ0) is 21.7. The second-order valence-electron chi connectivity index (χ2n) is 6.78. The molecule has 0 radical (unpaired) electrons. The highest BCUT2D eigenvalue weighted by atomic mass is 16.5. The molecule has 3 aromatic rings. The van der Waals surface area contributed by atoms with Crippen molar-refractivity contribution in [1.82, 2.24) is 9.47 Å². The average Bonchev–Trinajstić information content (AvgIpc) is 3.15. The molecule has 0 fully saturated rings. The summed E-state index contributed by atoms with van der Waals surface area (Å²) in [6.45, 7) is 3.06. The molecule has 0 unspecified atom stereocenters. The molecule has 7 nitrogen and oxygen atoms in total. The molecule has 1 amide bonds. The van der Waals surface area contributed by atoms with Gasteiger partial charge in [-0.15, -0.1) is 0 Å². The minimum absolute atomic E-state index is 0.0514. The number of likely N-dealkylation sites (N-methyl/N-ethyl adjacent to an activating group) is 1. The number of nitrogens with zero attached hydrogens (tertiary/aromatic N) is 2. The summed E-state index contributed by atoms with van der Waals surface area (Å²) in [5, 5.41) is 0.764. The number of hydrogen-bond acceptors (Lipinski definition) is 5. The van der Waals surface area contributed by atoms with Gasteiger partial charge in [-0.1, -0.05) is 24.3 Å². The third kappa shape index (κ3) is 4.25. The van der Waals surface area contributed by atoms with Crippen LogP contribution in [0.3, 0.4) is 0 Å². The summed E-state index contributed by atoms with van der Waals surface area (Å²) < 4.78 is 17.3. The molecule has 158 valence electrons. The number of methoxy groups -OCH3 is 3. The molecule has 0 aliphatic carbocycles. The van der Waals surface area contributed by atoms with Crippen LogP contribution in [-0.4, -0.2) is 49.2 Å². The van der Waals surface area contributed by atoms with E-state index in [-0.39, 0.29) is 12.5 Å². The summed E-state index contributed by atoms with van der Waals surface area (Å²) in [4.78, 5) is 26.9. The van der Waals surface area contributed by atoms with Crippen molar-refractivity contribution >= 4 is 22.8 Å². The molecule has 7 heteroatoms. The van der Waals surface area contributed by atoms with Crippen molar-refractivity contribution in [2.24, 2.45) is 0 Å². The Labute approximate surface area is 175 Å². The monoisotopic (exact) mass is 410 g/mol. The number of amides is 1. The Morgan fingerprint density at radius 2 is 1.73 bits per heavy atom. The Balaban J connectivity index is 1.83. The lowest BCUT2D eigenvalue weighted by Crippen LogP contribution is -2.33. The van der Waals surface area contributed by atoms with Crippen LogP contribution in [0, 0.1) is 0 Å². The van der Waals surface area contributed by atoms with Crippen LogP contribution < -0.4 is 9.47 Å². The van der Waals surface area contributed by atoms with Crippen molar-refractivity contribution in [2.75, 3.05) is 27.9 Å². The molecule has 0 N–H and O–H groups in total. The summed E-state index contributed by atoms with van der Waals surface area (Å²) in [5.74, 6) is 0.793. The van der Waals surface area contributed by atoms with E-state index in [9.17, 15) is 9.59 Å². The molecular formula is C23H26N2O5. The number of rotatable bonds is 8. The number of aromatic nitrogens is 1. The van der Waals surface area contributed by atoms with Gasteiger partial charge in [0.15, 0.2) is 11.5 Å². The van der Waals surface area contributed by atoms with Gasteiger partial charge in [-0.3, -0.25) is 4.79 Å². The van der Waals surface area contributed by atoms with Crippen molar-refractivity contribution in [3.63, 3.8) is 0 Å². The van der Waals surface area contributed by atoms with E-state index in [0.29, 0.717) is 30.2 Å². The zero-order valence-electron chi connectivity index (χ0n) is 17.7. The maximum absolute atomic E-state index is 13.1. The number of esters is 1. The van der Waals surface area contributed by atoms with Gasteiger partial charge in [0.25, 0.3) is 0 Å². The fourth-order valence-electron chi connectivity index (χ4n) is 3.47. The highest BCUT2D eigenvalue weighted by Crippen LogP contribution is 2.28. The Hall–Kier alpha value is -3.48. The SMILES string of the molecule is CCN(Cc1ccc(OC)c(OC)c1)C(=O)Cn1cc(C(=O)OC)c2ccccc21. The van der Waals surface area contributed by atoms with Gasteiger partial charge in [0.1, 0.15) is 6.54 Å². The van der Waals surface area contributed by atoms with E-state index >= 15 is 0 Å². The molecule has 1 aromatic heterocycles. The summed E-state index contributed by atoms with van der Waals surface area (Å²) in [5.41, 5.74) is 2.20. The lowest BCUT2D eigenvalue weighted by atomic mass is 10.2. The molecule has 0 bridgehead atoms. The Bertz CT molecular complexity index is 1060. The summed E-state index contributed by atoms with van der Waals surface area (Å²) >= 11 is 0. The molecular weight excluding hydrogens is 384 g/mol. The number of carbonyl (C=O) groups excluding carboxylic acids is 2. The minimum Gasteiger partial charge on any atom is -0.493 e. The summed E-state index contributed by atoms with van der Waals surface area (Å²) in [7, 11) is 4.52. The van der Waals surface area contributed by atoms with Crippen LogP contribution in [0.2, 0.25) is 0 Å². The second-order valence-corrected chi connectivity index (χ2v) is 6.78. The lowest BCUT2D eigenvalue weighted by Gasteiger charge is -2.22. The maximum Gasteiger partial charge on any atom is 0.340 e. The molecule has 3 rings (SSSR count). The van der Waals surface area contributed by atoms with Gasteiger partial charge >= 0.3 is 5.97 Å². The molecule has 30 heavy (non-hydrogen) atoms. The largest absolute Gasteiger partial charge is 0.493 e. The predicted octanol–water partition coefficient (Wildman–Crippen LogP) is 3.49. The third-order valence-corrected chi connectivity index (χ3v) is 5.06. The Kier molecular flexibility index (Phi) is 6.61. The van der Waals surface area contributed by atoms with Crippen LogP contribution in [0.15, 0.2) is 48.7 Å². The number of ether oxygens (including phenoxy) is 3. The molecule has 0 saturated carbocycles. The van der Waals surface area contributed by atoms with E-state index in [4.69, 9.17) is 14.2 Å². The van der Waals surface area contributed by atoms with Gasteiger partial charge in [-0.25, -0.2) is 4.79 Å². The van der Waals surface area contributed by atoms with Gasteiger partial charge in [0.2, 0.25) is 5.91 Å². The fourth-order valence-corrected chi connectivity index (χ4v) is 3.47. The van der Waals surface area contributed by atoms with Gasteiger partial charge in [0.05, 0.1) is 26.9 Å². The van der Waals surface area contributed by atoms with Crippen molar-refractivity contribution in [3.8, 4) is 11.5 Å². The maximum atomic E-state index is 13.1. The van der Waals surface area contributed by atoms with Gasteiger partial charge in [-0.2, -0.15) is 0 Å². The van der Waals surface area contributed by atoms with E-state index in [1.165, 1.54) is 7.11 Å². The van der Waals surface area contributed by atoms with E-state index in [0.717, 1.165) is 16.5 Å². The quantitative estimate of drug-likeness (QED) is 0.532. The van der Waals surface area contributed by atoms with Gasteiger partial charge < -0.3 is 23.7 Å². The first kappa shape index (κ1) is 21.2. The lowest BCUT2D eigenvalue weighted by molar-refractivity contribution is -0.132. The number of benzene rings is 2. The van der Waals surface area contributed by atoms with E-state index in [1.807, 2.05) is 49.4 Å². The first-order valence-corrected chi connectivity index (χ1v) is 9.67. The highest BCUT2D eigenvalue weighted by Gasteiger charge is 2.19. The predicted molar refractivity (Wildman–Crippen MR) is 114 cm³/mol. The fraction of sp³-hybridized carbons (Fsp3) is 0.304. The molecule has 0 aliphatic rings. The minimum atomic E-state index is -0.421. The second kappa shape index (κ2) is 9.35. The van der Waals surface area contributed by atoms with Crippen molar-refractivity contribution in [1.29, 1.82) is 0 Å². The average molecular weight is 410 g/mol. The molecule has 0 saturated heterocycles. The van der Waals surface area contributed by atoms with Crippen LogP contribution in [0.4, 0.5) is 0 Å². The first-order chi connectivity index (χ1) is 14.5. The highest BCUT2D eigenvalue weighted by molar-refractivity contribution is 6.04. The Morgan fingerprint density at radius 1 is 1.00 bits per heavy atom. The molecule has 0 atom stereocenters. The molecule has 2 aromatic carbocycles. The normalized spacial score (nSPS) is 10.7. The van der Waals surface area contributed by atoms with Crippen LogP contribution in [-0.2, 0) is 22.6 Å². The van der Waals surface area contributed by atoms with Crippen molar-refractivity contribution in [3.05, 3.63) is 59.8 Å². The zero-order valence-corrected chi connectivity index (χ0v) is 17.7. The molecule has 0 aliphatic heterocycles. The van der Waals surface area contributed by atoms with Crippen LogP contribution in [0.1, 0.15) is 22.8 Å². The Morgan fingerprint density at radius 3 is 2.40 bits per heavy atom. The van der Waals surface area contributed by atoms with Crippen LogP contribution >= 0.6 is 0 Å². The number of hydrogen-bond donors (Lipinski definition) is 0. The number of para-hydroxylation sites is 1. The standard InChI is InChI=1S/C23H26N2O5/c1-5-24(13-16-10-11-20(28-2)21(12-16)29-3)22(26)15-25-14-18(23(27)30-4)17-8-6-7-9-19(17)25/h6-12,14H,5,13,15H2,1-4H3. The van der Waals surface area contributed by atoms with Crippen LogP contribution in [0.5, 0.6) is 11.5 Å². The number of fused-ring (bicyclic) bond motifs is 1. The number of carbonyl (C=O) groups is 2. The summed E-state index contributed by atoms with van der Waals surface area (Å²) in [6, 6.07) is 13.1. The molecule has 0 spiro atoms.